The van der Waals surface area contributed by atoms with Crippen LogP contribution < -0.4 is 0 Å². The molecule has 0 aromatic rings. The molecule has 7 heteroatoms. The van der Waals surface area contributed by atoms with E-state index < -0.39 is 21.1 Å². The van der Waals surface area contributed by atoms with Gasteiger partial charge in [-0.3, -0.25) is 0 Å². The zero-order valence-corrected chi connectivity index (χ0v) is 7.32. The molecule has 72 valence electrons. The summed E-state index contributed by atoms with van der Waals surface area (Å²) in [6.45, 7) is 1.01. The van der Waals surface area contributed by atoms with E-state index in [1.54, 1.807) is 0 Å². The topological polar surface area (TPSA) is 60.4 Å². The van der Waals surface area contributed by atoms with Crippen LogP contribution in [0.3, 0.4) is 0 Å². The monoisotopic (exact) mass is 202 g/mol. The number of sulfone groups is 1. The summed E-state index contributed by atoms with van der Waals surface area (Å²) in [7, 11) is -4.73. The maximum atomic E-state index is 12.4. The molecule has 0 rings (SSSR count). The maximum absolute atomic E-state index is 12.4. The Morgan fingerprint density at radius 2 is 1.92 bits per heavy atom. The number of halogens is 2. The number of alkyl halides is 2. The first-order valence-corrected chi connectivity index (χ1v) is 4.87. The standard InChI is InChI=1S/C5H8F2O4S/c1-3-11-4(8)5(6,7)12(2,9)10/h3H2,1-2H3. The SMILES string of the molecule is CCOC(=O)C(F)(F)S(C)(=O)=O. The smallest absolute Gasteiger partial charge is 0.439 e. The van der Waals surface area contributed by atoms with Gasteiger partial charge in [-0.2, -0.15) is 8.78 Å². The number of carbonyl (C=O) groups is 1. The summed E-state index contributed by atoms with van der Waals surface area (Å²) in [6, 6.07) is 0. The van der Waals surface area contributed by atoms with E-state index in [-0.39, 0.29) is 12.9 Å². The molecule has 0 aromatic heterocycles. The van der Waals surface area contributed by atoms with Crippen molar-refractivity contribution in [1.82, 2.24) is 0 Å². The molecule has 0 unspecified atom stereocenters. The summed E-state index contributed by atoms with van der Waals surface area (Å²) in [5, 5.41) is -4.44. The second-order valence-corrected chi connectivity index (χ2v) is 4.07. The minimum atomic E-state index is -4.73. The molecule has 0 saturated heterocycles. The third kappa shape index (κ3) is 2.13. The van der Waals surface area contributed by atoms with Gasteiger partial charge in [0.2, 0.25) is 9.84 Å². The molecular weight excluding hydrogens is 194 g/mol. The summed E-state index contributed by atoms with van der Waals surface area (Å²) < 4.78 is 49.4. The Labute approximate surface area is 68.4 Å². The van der Waals surface area contributed by atoms with Gasteiger partial charge in [-0.25, -0.2) is 13.2 Å². The first-order valence-electron chi connectivity index (χ1n) is 2.98. The highest BCUT2D eigenvalue weighted by Gasteiger charge is 2.51. The zero-order chi connectivity index (χ0) is 9.99. The highest BCUT2D eigenvalue weighted by Crippen LogP contribution is 2.21. The van der Waals surface area contributed by atoms with Crippen LogP contribution in [-0.2, 0) is 19.4 Å². The molecule has 0 heterocycles. The summed E-state index contributed by atoms with van der Waals surface area (Å²) >= 11 is 0. The fourth-order valence-corrected chi connectivity index (χ4v) is 0.728. The lowest BCUT2D eigenvalue weighted by Gasteiger charge is -2.11. The Morgan fingerprint density at radius 3 is 2.17 bits per heavy atom. The quantitative estimate of drug-likeness (QED) is 0.613. The Morgan fingerprint density at radius 1 is 1.50 bits per heavy atom. The van der Waals surface area contributed by atoms with Crippen molar-refractivity contribution in [3.05, 3.63) is 0 Å². The molecule has 0 aliphatic rings. The van der Waals surface area contributed by atoms with Crippen LogP contribution in [0, 0.1) is 0 Å². The first kappa shape index (κ1) is 11.3. The first-order chi connectivity index (χ1) is 5.23. The molecule has 0 N–H and O–H groups in total. The maximum Gasteiger partial charge on any atom is 0.439 e. The molecular formula is C5H8F2O4S. The molecule has 0 atom stereocenters. The lowest BCUT2D eigenvalue weighted by atomic mass is 10.7. The van der Waals surface area contributed by atoms with Gasteiger partial charge in [-0.15, -0.1) is 0 Å². The normalized spacial score (nSPS) is 12.7. The molecule has 0 bridgehead atoms. The van der Waals surface area contributed by atoms with Crippen LogP contribution in [0.1, 0.15) is 6.92 Å². The van der Waals surface area contributed by atoms with E-state index in [0.717, 1.165) is 0 Å². The van der Waals surface area contributed by atoms with Gasteiger partial charge in [0.05, 0.1) is 6.61 Å². The van der Waals surface area contributed by atoms with Crippen molar-refractivity contribution in [2.24, 2.45) is 0 Å². The highest BCUT2D eigenvalue weighted by atomic mass is 32.2. The molecule has 0 aliphatic carbocycles. The Bertz CT molecular complexity index is 269. The number of hydrogen-bond acceptors (Lipinski definition) is 4. The van der Waals surface area contributed by atoms with Crippen molar-refractivity contribution in [1.29, 1.82) is 0 Å². The molecule has 0 aliphatic heterocycles. The largest absolute Gasteiger partial charge is 0.461 e. The van der Waals surface area contributed by atoms with Crippen LogP contribution in [0.4, 0.5) is 8.78 Å². The number of ether oxygens (including phenoxy) is 1. The number of carbonyl (C=O) groups excluding carboxylic acids is 1. The van der Waals surface area contributed by atoms with E-state index in [1.807, 2.05) is 0 Å². The number of hydrogen-bond donors (Lipinski definition) is 0. The summed E-state index contributed by atoms with van der Waals surface area (Å²) in [5.41, 5.74) is 0. The lowest BCUT2D eigenvalue weighted by molar-refractivity contribution is -0.160. The van der Waals surface area contributed by atoms with E-state index in [9.17, 15) is 22.0 Å². The Kier molecular flexibility index (Phi) is 3.14. The molecule has 0 fully saturated rings. The second-order valence-electron chi connectivity index (χ2n) is 2.01. The van der Waals surface area contributed by atoms with Gasteiger partial charge in [0.1, 0.15) is 0 Å². The van der Waals surface area contributed by atoms with E-state index >= 15 is 0 Å². The molecule has 0 saturated carbocycles. The summed E-state index contributed by atoms with van der Waals surface area (Å²) in [5.74, 6) is -2.03. The van der Waals surface area contributed by atoms with Crippen molar-refractivity contribution in [3.8, 4) is 0 Å². The van der Waals surface area contributed by atoms with E-state index in [0.29, 0.717) is 0 Å². The van der Waals surface area contributed by atoms with Gasteiger partial charge in [0.15, 0.2) is 0 Å². The minimum absolute atomic E-state index is 0.268. The molecule has 0 aromatic carbocycles. The van der Waals surface area contributed by atoms with E-state index in [2.05, 4.69) is 4.74 Å². The fourth-order valence-electron chi connectivity index (χ4n) is 0.366. The molecule has 0 amide bonds. The van der Waals surface area contributed by atoms with E-state index in [1.165, 1.54) is 6.92 Å². The van der Waals surface area contributed by atoms with Crippen molar-refractivity contribution in [2.45, 2.75) is 12.2 Å². The lowest BCUT2D eigenvalue weighted by Crippen LogP contribution is -2.38. The van der Waals surface area contributed by atoms with Crippen LogP contribution in [0.15, 0.2) is 0 Å². The van der Waals surface area contributed by atoms with Gasteiger partial charge in [0, 0.05) is 6.26 Å². The Balaban J connectivity index is 4.75. The predicted molar refractivity (Wildman–Crippen MR) is 36.4 cm³/mol. The van der Waals surface area contributed by atoms with Gasteiger partial charge in [-0.05, 0) is 6.92 Å². The third-order valence-corrected chi connectivity index (χ3v) is 2.08. The zero-order valence-electron chi connectivity index (χ0n) is 6.50. The third-order valence-electron chi connectivity index (χ3n) is 0.979. The molecule has 4 nitrogen and oxygen atoms in total. The van der Waals surface area contributed by atoms with E-state index in [4.69, 9.17) is 0 Å². The van der Waals surface area contributed by atoms with Crippen LogP contribution in [0.2, 0.25) is 0 Å². The van der Waals surface area contributed by atoms with Crippen LogP contribution >= 0.6 is 0 Å². The highest BCUT2D eigenvalue weighted by molar-refractivity contribution is 7.92. The summed E-state index contributed by atoms with van der Waals surface area (Å²) in [4.78, 5) is 10.4. The second kappa shape index (κ2) is 3.34. The fraction of sp³-hybridized carbons (Fsp3) is 0.800. The van der Waals surface area contributed by atoms with Crippen LogP contribution in [0.5, 0.6) is 0 Å². The Hall–Kier alpha value is -0.720. The predicted octanol–water partition coefficient (Wildman–Crippen LogP) is 0.187. The van der Waals surface area contributed by atoms with Crippen LogP contribution in [0.25, 0.3) is 0 Å². The van der Waals surface area contributed by atoms with Crippen molar-refractivity contribution in [3.63, 3.8) is 0 Å². The van der Waals surface area contributed by atoms with Crippen molar-refractivity contribution >= 4 is 15.8 Å². The number of rotatable bonds is 3. The molecule has 0 radical (unpaired) electrons. The van der Waals surface area contributed by atoms with Gasteiger partial charge >= 0.3 is 11.2 Å². The van der Waals surface area contributed by atoms with Crippen LogP contribution in [-0.4, -0.2) is 32.5 Å². The number of esters is 1. The van der Waals surface area contributed by atoms with Gasteiger partial charge in [-0.1, -0.05) is 0 Å². The minimum Gasteiger partial charge on any atom is -0.461 e. The van der Waals surface area contributed by atoms with Gasteiger partial charge in [0.25, 0.3) is 0 Å². The molecule has 0 spiro atoms. The molecule has 12 heavy (non-hydrogen) atoms. The average Bonchev–Trinajstić information content (AvgIpc) is 1.85. The van der Waals surface area contributed by atoms with Crippen molar-refractivity contribution in [2.75, 3.05) is 12.9 Å². The average molecular weight is 202 g/mol. The van der Waals surface area contributed by atoms with Gasteiger partial charge < -0.3 is 4.74 Å². The van der Waals surface area contributed by atoms with Crippen molar-refractivity contribution < 1.29 is 26.7 Å². The summed E-state index contributed by atoms with van der Waals surface area (Å²) in [6.07, 6.45) is 0.268.